The Morgan fingerprint density at radius 1 is 0.839 bits per heavy atom. The molecule has 6 heteroatoms. The Hall–Kier alpha value is -4.19. The van der Waals surface area contributed by atoms with Gasteiger partial charge in [0, 0.05) is 25.5 Å². The number of carbonyl (C=O) groups excluding carboxylic acids is 1. The van der Waals surface area contributed by atoms with Crippen LogP contribution in [-0.4, -0.2) is 25.0 Å². The molecule has 0 unspecified atom stereocenters. The fraction of sp³-hybridized carbons (Fsp3) is 0.0800. The molecule has 0 fully saturated rings. The van der Waals surface area contributed by atoms with E-state index in [1.165, 1.54) is 0 Å². The molecular weight excluding hydrogens is 386 g/mol. The highest BCUT2D eigenvalue weighted by molar-refractivity contribution is 5.92. The predicted octanol–water partition coefficient (Wildman–Crippen LogP) is 4.20. The largest absolute Gasteiger partial charge is 0.347 e. The van der Waals surface area contributed by atoms with Crippen molar-refractivity contribution in [2.24, 2.45) is 0 Å². The van der Waals surface area contributed by atoms with E-state index in [1.807, 2.05) is 82.1 Å². The van der Waals surface area contributed by atoms with Crippen LogP contribution in [-0.2, 0) is 13.1 Å². The highest BCUT2D eigenvalue weighted by atomic mass is 16.1. The molecule has 5 aromatic rings. The number of hydrogen-bond acceptors (Lipinski definition) is 3. The predicted molar refractivity (Wildman–Crippen MR) is 120 cm³/mol. The first-order valence-electron chi connectivity index (χ1n) is 10.1. The van der Waals surface area contributed by atoms with E-state index >= 15 is 0 Å². The summed E-state index contributed by atoms with van der Waals surface area (Å²) < 4.78 is 3.91. The molecule has 2 aromatic carbocycles. The van der Waals surface area contributed by atoms with Crippen molar-refractivity contribution in [1.82, 2.24) is 24.4 Å². The lowest BCUT2D eigenvalue weighted by molar-refractivity contribution is 0.0942. The minimum absolute atomic E-state index is 0.106. The maximum absolute atomic E-state index is 12.7. The molecular formula is C25H21N5O. The van der Waals surface area contributed by atoms with Gasteiger partial charge in [-0.25, -0.2) is 9.97 Å². The summed E-state index contributed by atoms with van der Waals surface area (Å²) in [7, 11) is 0. The molecule has 0 saturated heterocycles. The van der Waals surface area contributed by atoms with E-state index in [1.54, 1.807) is 12.5 Å². The van der Waals surface area contributed by atoms with Crippen LogP contribution in [0, 0.1) is 0 Å². The number of amides is 1. The number of carbonyl (C=O) groups is 1. The minimum Gasteiger partial charge on any atom is -0.347 e. The molecule has 1 N–H and O–H groups in total. The van der Waals surface area contributed by atoms with Crippen molar-refractivity contribution >= 4 is 16.9 Å². The van der Waals surface area contributed by atoms with Crippen LogP contribution in [0.2, 0.25) is 0 Å². The van der Waals surface area contributed by atoms with Gasteiger partial charge in [0.25, 0.3) is 5.91 Å². The van der Waals surface area contributed by atoms with Gasteiger partial charge in [-0.2, -0.15) is 0 Å². The lowest BCUT2D eigenvalue weighted by Crippen LogP contribution is -2.25. The van der Waals surface area contributed by atoms with E-state index in [4.69, 9.17) is 0 Å². The molecule has 0 aliphatic rings. The average Bonchev–Trinajstić information content (AvgIpc) is 3.46. The standard InChI is InChI=1S/C25H21N5O/c31-25(23-11-6-14-29(23)17-19-7-2-1-3-8-19)27-16-20-12-13-24(26-15-20)30-18-28-21-9-4-5-10-22(21)30/h1-15,18H,16-17H2,(H,27,31). The fourth-order valence-corrected chi connectivity index (χ4v) is 3.62. The molecule has 6 nitrogen and oxygen atoms in total. The van der Waals surface area contributed by atoms with Crippen molar-refractivity contribution in [2.75, 3.05) is 0 Å². The number of aromatic nitrogens is 4. The summed E-state index contributed by atoms with van der Waals surface area (Å²) in [4.78, 5) is 21.7. The Labute approximate surface area is 179 Å². The minimum atomic E-state index is -0.106. The third-order valence-electron chi connectivity index (χ3n) is 5.22. The van der Waals surface area contributed by atoms with Crippen LogP contribution in [0.15, 0.2) is 97.6 Å². The number of hydrogen-bond donors (Lipinski definition) is 1. The van der Waals surface area contributed by atoms with E-state index in [0.29, 0.717) is 18.8 Å². The first-order valence-corrected chi connectivity index (χ1v) is 10.1. The normalized spacial score (nSPS) is 11.0. The molecule has 3 aromatic heterocycles. The molecule has 31 heavy (non-hydrogen) atoms. The number of para-hydroxylation sites is 2. The molecule has 0 spiro atoms. The van der Waals surface area contributed by atoms with Gasteiger partial charge in [-0.3, -0.25) is 9.36 Å². The van der Waals surface area contributed by atoms with Crippen LogP contribution >= 0.6 is 0 Å². The summed E-state index contributed by atoms with van der Waals surface area (Å²) in [5.74, 6) is 0.686. The molecule has 152 valence electrons. The van der Waals surface area contributed by atoms with Crippen molar-refractivity contribution in [3.05, 3.63) is 114 Å². The zero-order chi connectivity index (χ0) is 21.0. The zero-order valence-electron chi connectivity index (χ0n) is 16.8. The summed E-state index contributed by atoms with van der Waals surface area (Å²) in [6.45, 7) is 1.07. The number of nitrogens with one attached hydrogen (secondary N) is 1. The molecule has 0 aliphatic heterocycles. The summed E-state index contributed by atoms with van der Waals surface area (Å²) >= 11 is 0. The van der Waals surface area contributed by atoms with Crippen LogP contribution in [0.5, 0.6) is 0 Å². The summed E-state index contributed by atoms with van der Waals surface area (Å²) in [6, 6.07) is 25.7. The molecule has 1 amide bonds. The van der Waals surface area contributed by atoms with E-state index < -0.39 is 0 Å². The second-order valence-corrected chi connectivity index (χ2v) is 7.32. The number of rotatable bonds is 6. The number of imidazole rings is 1. The van der Waals surface area contributed by atoms with Gasteiger partial charge in [-0.15, -0.1) is 0 Å². The molecule has 0 atom stereocenters. The Kier molecular flexibility index (Phi) is 5.02. The van der Waals surface area contributed by atoms with Crippen LogP contribution in [0.4, 0.5) is 0 Å². The summed E-state index contributed by atoms with van der Waals surface area (Å²) in [5, 5.41) is 2.99. The molecule has 5 rings (SSSR count). The Bertz CT molecular complexity index is 1320. The Balaban J connectivity index is 1.26. The first-order chi connectivity index (χ1) is 15.3. The van der Waals surface area contributed by atoms with Crippen LogP contribution in [0.1, 0.15) is 21.6 Å². The van der Waals surface area contributed by atoms with Crippen molar-refractivity contribution < 1.29 is 4.79 Å². The van der Waals surface area contributed by atoms with Gasteiger partial charge in [0.2, 0.25) is 0 Å². The number of pyridine rings is 1. The van der Waals surface area contributed by atoms with Crippen LogP contribution < -0.4 is 5.32 Å². The maximum atomic E-state index is 12.7. The van der Waals surface area contributed by atoms with Gasteiger partial charge in [0.05, 0.1) is 11.0 Å². The van der Waals surface area contributed by atoms with Crippen LogP contribution in [0.25, 0.3) is 16.9 Å². The fourth-order valence-electron chi connectivity index (χ4n) is 3.62. The summed E-state index contributed by atoms with van der Waals surface area (Å²) in [6.07, 6.45) is 5.48. The van der Waals surface area contributed by atoms with E-state index in [-0.39, 0.29) is 5.91 Å². The van der Waals surface area contributed by atoms with Gasteiger partial charge in [0.15, 0.2) is 0 Å². The van der Waals surface area contributed by atoms with Gasteiger partial charge < -0.3 is 9.88 Å². The molecule has 0 aliphatic carbocycles. The number of benzene rings is 2. The van der Waals surface area contributed by atoms with E-state index in [0.717, 1.165) is 28.0 Å². The Morgan fingerprint density at radius 2 is 1.68 bits per heavy atom. The first kappa shape index (κ1) is 18.8. The second kappa shape index (κ2) is 8.28. The van der Waals surface area contributed by atoms with Crippen molar-refractivity contribution in [1.29, 1.82) is 0 Å². The van der Waals surface area contributed by atoms with Gasteiger partial charge in [-0.1, -0.05) is 48.5 Å². The number of nitrogens with zero attached hydrogens (tertiary/aromatic N) is 4. The number of fused-ring (bicyclic) bond motifs is 1. The quantitative estimate of drug-likeness (QED) is 0.459. The monoisotopic (exact) mass is 407 g/mol. The van der Waals surface area contributed by atoms with Gasteiger partial charge >= 0.3 is 0 Å². The zero-order valence-corrected chi connectivity index (χ0v) is 16.8. The lowest BCUT2D eigenvalue weighted by atomic mass is 10.2. The maximum Gasteiger partial charge on any atom is 0.268 e. The van der Waals surface area contributed by atoms with Crippen molar-refractivity contribution in [3.8, 4) is 5.82 Å². The SMILES string of the molecule is O=C(NCc1ccc(-n2cnc3ccccc32)nc1)c1cccn1Cc1ccccc1. The van der Waals surface area contributed by atoms with E-state index in [2.05, 4.69) is 27.4 Å². The van der Waals surface area contributed by atoms with Gasteiger partial charge in [0.1, 0.15) is 17.8 Å². The Morgan fingerprint density at radius 3 is 2.52 bits per heavy atom. The lowest BCUT2D eigenvalue weighted by Gasteiger charge is -2.10. The molecule has 0 saturated carbocycles. The van der Waals surface area contributed by atoms with Crippen molar-refractivity contribution in [3.63, 3.8) is 0 Å². The van der Waals surface area contributed by atoms with Gasteiger partial charge in [-0.05, 0) is 41.5 Å². The van der Waals surface area contributed by atoms with Crippen molar-refractivity contribution in [2.45, 2.75) is 13.1 Å². The van der Waals surface area contributed by atoms with E-state index in [9.17, 15) is 4.79 Å². The average molecular weight is 407 g/mol. The third kappa shape index (κ3) is 3.96. The smallest absolute Gasteiger partial charge is 0.268 e. The molecule has 0 radical (unpaired) electrons. The highest BCUT2D eigenvalue weighted by Crippen LogP contribution is 2.16. The van der Waals surface area contributed by atoms with Crippen LogP contribution in [0.3, 0.4) is 0 Å². The summed E-state index contributed by atoms with van der Waals surface area (Å²) in [5.41, 5.74) is 4.66. The molecule has 0 bridgehead atoms. The third-order valence-corrected chi connectivity index (χ3v) is 5.22. The second-order valence-electron chi connectivity index (χ2n) is 7.32. The topological polar surface area (TPSA) is 64.7 Å². The highest BCUT2D eigenvalue weighted by Gasteiger charge is 2.11. The molecule has 3 heterocycles.